The maximum absolute atomic E-state index is 13.2. The van der Waals surface area contributed by atoms with Crippen LogP contribution in [-0.4, -0.2) is 102 Å². The highest BCUT2D eigenvalue weighted by Gasteiger charge is 2.61. The van der Waals surface area contributed by atoms with Crippen LogP contribution < -0.4 is 0 Å². The number of nitrogens with zero attached hydrogens (tertiary/aromatic N) is 2. The molecule has 0 unspecified atom stereocenters. The minimum Gasteiger partial charge on any atom is -0.480 e. The van der Waals surface area contributed by atoms with E-state index in [2.05, 4.69) is 0 Å². The lowest BCUT2D eigenvalue weighted by atomic mass is 10.0. The van der Waals surface area contributed by atoms with Gasteiger partial charge in [-0.3, -0.25) is 19.3 Å². The summed E-state index contributed by atoms with van der Waals surface area (Å²) in [5.41, 5.74) is -0.500. The number of ether oxygens (including phenoxy) is 2. The van der Waals surface area contributed by atoms with Gasteiger partial charge in [-0.1, -0.05) is 0 Å². The van der Waals surface area contributed by atoms with Crippen molar-refractivity contribution in [2.24, 2.45) is 0 Å². The SMILES string of the molecule is CO[C@H]1C(=O)N2C(C(=O)N3C[C@H](O)C[C@H]3C(=O)O)=C(COC(C)=O)CS(=O)(=O)[C@H]12. The van der Waals surface area contributed by atoms with Crippen molar-refractivity contribution in [3.05, 3.63) is 11.3 Å². The first kappa shape index (κ1) is 21.2. The van der Waals surface area contributed by atoms with E-state index in [0.717, 1.165) is 23.8 Å². The van der Waals surface area contributed by atoms with Crippen molar-refractivity contribution in [2.45, 2.75) is 37.0 Å². The Balaban J connectivity index is 2.06. The summed E-state index contributed by atoms with van der Waals surface area (Å²) in [5, 5.41) is 17.7. The van der Waals surface area contributed by atoms with Crippen LogP contribution in [0.5, 0.6) is 0 Å². The fourth-order valence-corrected chi connectivity index (χ4v) is 5.78. The number of carbonyl (C=O) groups excluding carboxylic acids is 3. The molecule has 2 saturated heterocycles. The highest BCUT2D eigenvalue weighted by molar-refractivity contribution is 7.92. The molecule has 0 spiro atoms. The van der Waals surface area contributed by atoms with E-state index in [4.69, 9.17) is 9.47 Å². The topological polar surface area (TPSA) is 168 Å². The van der Waals surface area contributed by atoms with E-state index in [1.807, 2.05) is 0 Å². The Morgan fingerprint density at radius 3 is 2.48 bits per heavy atom. The number of hydrogen-bond donors (Lipinski definition) is 2. The zero-order valence-electron chi connectivity index (χ0n) is 15.6. The molecule has 0 radical (unpaired) electrons. The predicted molar refractivity (Wildman–Crippen MR) is 92.6 cm³/mol. The molecule has 0 aromatic carbocycles. The van der Waals surface area contributed by atoms with Gasteiger partial charge >= 0.3 is 11.9 Å². The molecule has 0 aromatic rings. The van der Waals surface area contributed by atoms with Crippen LogP contribution in [0.3, 0.4) is 0 Å². The summed E-state index contributed by atoms with van der Waals surface area (Å²) in [4.78, 5) is 49.9. The fourth-order valence-electron chi connectivity index (χ4n) is 3.77. The molecule has 4 atom stereocenters. The molecule has 3 aliphatic heterocycles. The number of methoxy groups -OCH3 is 1. The highest BCUT2D eigenvalue weighted by atomic mass is 32.2. The predicted octanol–water partition coefficient (Wildman–Crippen LogP) is -2.54. The molecule has 3 heterocycles. The summed E-state index contributed by atoms with van der Waals surface area (Å²) >= 11 is 0. The Morgan fingerprint density at radius 1 is 1.28 bits per heavy atom. The first-order valence-electron chi connectivity index (χ1n) is 8.64. The van der Waals surface area contributed by atoms with Gasteiger partial charge in [-0.15, -0.1) is 0 Å². The average molecular weight is 432 g/mol. The van der Waals surface area contributed by atoms with E-state index in [0.29, 0.717) is 0 Å². The summed E-state index contributed by atoms with van der Waals surface area (Å²) in [6, 6.07) is -1.34. The molecule has 13 heteroatoms. The number of hydrogen-bond acceptors (Lipinski definition) is 9. The zero-order valence-corrected chi connectivity index (χ0v) is 16.4. The molecule has 2 N–H and O–H groups in total. The number of carbonyl (C=O) groups is 4. The number of esters is 1. The quantitative estimate of drug-likeness (QED) is 0.349. The molecule has 0 saturated carbocycles. The number of rotatable bonds is 5. The van der Waals surface area contributed by atoms with Crippen LogP contribution in [0.1, 0.15) is 13.3 Å². The number of fused-ring (bicyclic) bond motifs is 1. The fraction of sp³-hybridized carbons (Fsp3) is 0.625. The number of amides is 2. The maximum atomic E-state index is 13.2. The van der Waals surface area contributed by atoms with E-state index in [1.54, 1.807) is 0 Å². The lowest BCUT2D eigenvalue weighted by molar-refractivity contribution is -0.162. The van der Waals surface area contributed by atoms with Gasteiger partial charge in [0.25, 0.3) is 11.8 Å². The molecule has 2 amide bonds. The minimum absolute atomic E-state index is 0.144. The first-order valence-corrected chi connectivity index (χ1v) is 10.4. The number of carboxylic acid groups (broad SMARTS) is 1. The van der Waals surface area contributed by atoms with Crippen molar-refractivity contribution in [2.75, 3.05) is 26.0 Å². The molecule has 2 fully saturated rings. The van der Waals surface area contributed by atoms with Gasteiger partial charge in [0, 0.05) is 32.6 Å². The van der Waals surface area contributed by atoms with E-state index < -0.39 is 69.6 Å². The van der Waals surface area contributed by atoms with Crippen LogP contribution >= 0.6 is 0 Å². The molecule has 3 rings (SSSR count). The summed E-state index contributed by atoms with van der Waals surface area (Å²) < 4.78 is 35.0. The number of aliphatic hydroxyl groups excluding tert-OH is 1. The molecular formula is C16H20N2O10S. The zero-order chi connectivity index (χ0) is 21.7. The number of aliphatic hydroxyl groups is 1. The van der Waals surface area contributed by atoms with Gasteiger partial charge in [0.2, 0.25) is 0 Å². The number of likely N-dealkylation sites (tertiary alicyclic amines) is 1. The Hall–Kier alpha value is -2.51. The Morgan fingerprint density at radius 2 is 1.93 bits per heavy atom. The van der Waals surface area contributed by atoms with E-state index in [-0.39, 0.29) is 24.2 Å². The Kier molecular flexibility index (Phi) is 5.40. The number of carboxylic acids is 1. The second kappa shape index (κ2) is 7.39. The Labute approximate surface area is 165 Å². The third-order valence-corrected chi connectivity index (χ3v) is 6.99. The van der Waals surface area contributed by atoms with Crippen molar-refractivity contribution >= 4 is 33.6 Å². The standard InChI is InChI=1S/C16H20N2O10S/c1-7(19)28-5-8-6-29(25,26)15-12(27-2)14(22)18(15)11(8)13(21)17-4-9(20)3-10(17)16(23)24/h9-10,12,15,20H,3-6H2,1-2H3,(H,23,24)/t9-,10+,12+,15-/m1/s1. The van der Waals surface area contributed by atoms with Crippen molar-refractivity contribution < 1.29 is 47.3 Å². The summed E-state index contributed by atoms with van der Waals surface area (Å²) in [7, 11) is -2.79. The van der Waals surface area contributed by atoms with Gasteiger partial charge in [0.1, 0.15) is 18.3 Å². The van der Waals surface area contributed by atoms with Gasteiger partial charge in [-0.2, -0.15) is 0 Å². The monoisotopic (exact) mass is 432 g/mol. The molecule has 3 aliphatic rings. The summed E-state index contributed by atoms with van der Waals surface area (Å²) in [6.45, 7) is 0.237. The average Bonchev–Trinajstić information content (AvgIpc) is 3.01. The summed E-state index contributed by atoms with van der Waals surface area (Å²) in [6.07, 6.45) is -2.58. The molecule has 12 nitrogen and oxygen atoms in total. The smallest absolute Gasteiger partial charge is 0.326 e. The van der Waals surface area contributed by atoms with Gasteiger partial charge in [-0.05, 0) is 0 Å². The molecule has 0 bridgehead atoms. The van der Waals surface area contributed by atoms with Crippen LogP contribution in [0.25, 0.3) is 0 Å². The third kappa shape index (κ3) is 3.49. The Bertz CT molecular complexity index is 911. The largest absolute Gasteiger partial charge is 0.480 e. The van der Waals surface area contributed by atoms with Crippen LogP contribution in [-0.2, 0) is 38.5 Å². The van der Waals surface area contributed by atoms with Gasteiger partial charge in [0.15, 0.2) is 21.3 Å². The van der Waals surface area contributed by atoms with E-state index in [9.17, 15) is 37.8 Å². The van der Waals surface area contributed by atoms with Crippen LogP contribution in [0.15, 0.2) is 11.3 Å². The molecule has 0 aliphatic carbocycles. The van der Waals surface area contributed by atoms with Crippen molar-refractivity contribution in [3.63, 3.8) is 0 Å². The second-order valence-electron chi connectivity index (χ2n) is 7.00. The molecule has 0 aromatic heterocycles. The number of β-amino-alcohol motifs (C(OH)–C–C–N with tert-alkyl or cyclic N) is 1. The summed E-state index contributed by atoms with van der Waals surface area (Å²) in [5.74, 6) is -4.45. The second-order valence-corrected chi connectivity index (χ2v) is 9.09. The molecular weight excluding hydrogens is 412 g/mol. The van der Waals surface area contributed by atoms with Crippen LogP contribution in [0.4, 0.5) is 0 Å². The van der Waals surface area contributed by atoms with Gasteiger partial charge < -0.3 is 24.6 Å². The number of sulfone groups is 1. The van der Waals surface area contributed by atoms with Crippen LogP contribution in [0, 0.1) is 0 Å². The van der Waals surface area contributed by atoms with Gasteiger partial charge in [0.05, 0.1) is 11.9 Å². The number of β-lactam (4-membered cyclic amide) rings is 1. The van der Waals surface area contributed by atoms with Crippen molar-refractivity contribution in [1.82, 2.24) is 9.80 Å². The lowest BCUT2D eigenvalue weighted by Gasteiger charge is -2.49. The lowest BCUT2D eigenvalue weighted by Crippen LogP contribution is -2.71. The van der Waals surface area contributed by atoms with Gasteiger partial charge in [-0.25, -0.2) is 13.2 Å². The van der Waals surface area contributed by atoms with E-state index in [1.165, 1.54) is 0 Å². The van der Waals surface area contributed by atoms with Crippen molar-refractivity contribution in [3.8, 4) is 0 Å². The molecule has 160 valence electrons. The van der Waals surface area contributed by atoms with Crippen molar-refractivity contribution in [1.29, 1.82) is 0 Å². The van der Waals surface area contributed by atoms with Crippen LogP contribution in [0.2, 0.25) is 0 Å². The highest BCUT2D eigenvalue weighted by Crippen LogP contribution is 2.39. The van der Waals surface area contributed by atoms with E-state index >= 15 is 0 Å². The third-order valence-electron chi connectivity index (χ3n) is 5.04. The molecule has 29 heavy (non-hydrogen) atoms. The first-order chi connectivity index (χ1) is 13.5. The minimum atomic E-state index is -3.95. The normalized spacial score (nSPS) is 30.7. The number of aliphatic carboxylic acids is 1. The maximum Gasteiger partial charge on any atom is 0.326 e.